The number of amides is 1. The largest absolute Gasteiger partial charge is 0.378 e. The van der Waals surface area contributed by atoms with Crippen molar-refractivity contribution < 1.29 is 9.53 Å². The summed E-state index contributed by atoms with van der Waals surface area (Å²) < 4.78 is 6.17. The van der Waals surface area contributed by atoms with E-state index in [0.717, 1.165) is 34.6 Å². The molecule has 0 saturated carbocycles. The number of anilines is 2. The van der Waals surface area contributed by atoms with Gasteiger partial charge in [0.25, 0.3) is 0 Å². The molecule has 4 nitrogen and oxygen atoms in total. The van der Waals surface area contributed by atoms with Crippen LogP contribution in [-0.2, 0) is 15.3 Å². The van der Waals surface area contributed by atoms with Crippen molar-refractivity contribution in [2.24, 2.45) is 0 Å². The molecule has 0 aliphatic carbocycles. The Bertz CT molecular complexity index is 733. The maximum absolute atomic E-state index is 12.3. The maximum Gasteiger partial charge on any atom is 0.234 e. The van der Waals surface area contributed by atoms with Crippen molar-refractivity contribution in [3.05, 3.63) is 44.6 Å². The Kier molecular flexibility index (Phi) is 6.90. The summed E-state index contributed by atoms with van der Waals surface area (Å²) in [5.41, 5.74) is 1.73. The number of halogens is 2. The highest BCUT2D eigenvalue weighted by molar-refractivity contribution is 7.99. The van der Waals surface area contributed by atoms with Crippen LogP contribution in [0, 0.1) is 0 Å². The van der Waals surface area contributed by atoms with Crippen molar-refractivity contribution in [1.82, 2.24) is 0 Å². The highest BCUT2D eigenvalue weighted by Crippen LogP contribution is 2.30. The molecule has 8 heteroatoms. The van der Waals surface area contributed by atoms with Gasteiger partial charge in [0.2, 0.25) is 5.91 Å². The van der Waals surface area contributed by atoms with Gasteiger partial charge in [-0.15, -0.1) is 23.1 Å². The van der Waals surface area contributed by atoms with Gasteiger partial charge in [0.05, 0.1) is 34.7 Å². The molecule has 1 N–H and O–H groups in total. The van der Waals surface area contributed by atoms with Gasteiger partial charge >= 0.3 is 0 Å². The number of hydrogen-bond acceptors (Lipinski definition) is 5. The zero-order valence-corrected chi connectivity index (χ0v) is 16.6. The number of ether oxygens (including phenoxy) is 1. The number of carbonyl (C=O) groups excluding carboxylic acids is 1. The molecule has 1 aromatic heterocycles. The van der Waals surface area contributed by atoms with Gasteiger partial charge in [-0.3, -0.25) is 4.79 Å². The molecule has 3 rings (SSSR count). The Labute approximate surface area is 165 Å². The fourth-order valence-electron chi connectivity index (χ4n) is 2.55. The monoisotopic (exact) mass is 416 g/mol. The lowest BCUT2D eigenvalue weighted by Crippen LogP contribution is -2.36. The van der Waals surface area contributed by atoms with E-state index in [9.17, 15) is 4.79 Å². The minimum Gasteiger partial charge on any atom is -0.378 e. The third-order valence-corrected chi connectivity index (χ3v) is 6.32. The third kappa shape index (κ3) is 5.53. The fourth-order valence-corrected chi connectivity index (χ4v) is 4.75. The first kappa shape index (κ1) is 18.9. The van der Waals surface area contributed by atoms with Crippen LogP contribution in [0.5, 0.6) is 0 Å². The van der Waals surface area contributed by atoms with E-state index in [0.29, 0.717) is 24.0 Å². The zero-order chi connectivity index (χ0) is 17.6. The van der Waals surface area contributed by atoms with Gasteiger partial charge in [-0.2, -0.15) is 0 Å². The summed E-state index contributed by atoms with van der Waals surface area (Å²) in [6.45, 7) is 2.99. The highest BCUT2D eigenvalue weighted by atomic mass is 35.5. The second-order valence-corrected chi connectivity index (χ2v) is 8.73. The minimum atomic E-state index is -0.0376. The number of thiophene rings is 1. The molecule has 134 valence electrons. The molecule has 1 fully saturated rings. The van der Waals surface area contributed by atoms with E-state index in [1.807, 2.05) is 24.3 Å². The summed E-state index contributed by atoms with van der Waals surface area (Å²) in [5, 5.41) is 3.60. The predicted molar refractivity (Wildman–Crippen MR) is 109 cm³/mol. The lowest BCUT2D eigenvalue weighted by atomic mass is 10.2. The zero-order valence-electron chi connectivity index (χ0n) is 13.5. The number of benzene rings is 1. The van der Waals surface area contributed by atoms with Crippen LogP contribution in [-0.4, -0.2) is 38.0 Å². The Balaban J connectivity index is 1.58. The predicted octanol–water partition coefficient (Wildman–Crippen LogP) is 4.76. The number of thioether (sulfide) groups is 1. The Morgan fingerprint density at radius 3 is 2.76 bits per heavy atom. The van der Waals surface area contributed by atoms with Crippen LogP contribution in [0.25, 0.3) is 0 Å². The summed E-state index contributed by atoms with van der Waals surface area (Å²) in [7, 11) is 0. The van der Waals surface area contributed by atoms with Crippen molar-refractivity contribution in [2.45, 2.75) is 5.75 Å². The van der Waals surface area contributed by atoms with Gasteiger partial charge in [0, 0.05) is 28.7 Å². The molecule has 0 spiro atoms. The van der Waals surface area contributed by atoms with Crippen molar-refractivity contribution in [1.29, 1.82) is 0 Å². The van der Waals surface area contributed by atoms with E-state index >= 15 is 0 Å². The lowest BCUT2D eigenvalue weighted by Gasteiger charge is -2.30. The second-order valence-electron chi connectivity index (χ2n) is 5.51. The van der Waals surface area contributed by atoms with Crippen molar-refractivity contribution in [3.8, 4) is 0 Å². The summed E-state index contributed by atoms with van der Waals surface area (Å²) in [6, 6.07) is 9.46. The number of nitrogens with one attached hydrogen (secondary N) is 1. The number of rotatable bonds is 6. The van der Waals surface area contributed by atoms with Crippen LogP contribution in [0.4, 0.5) is 11.4 Å². The summed E-state index contributed by atoms with van der Waals surface area (Å²) in [5.74, 6) is 1.12. The first-order chi connectivity index (χ1) is 12.1. The van der Waals surface area contributed by atoms with Crippen molar-refractivity contribution >= 4 is 63.6 Å². The molecule has 2 heterocycles. The molecule has 1 aliphatic heterocycles. The topological polar surface area (TPSA) is 41.6 Å². The molecular formula is C17H18Cl2N2O2S2. The van der Waals surface area contributed by atoms with Crippen LogP contribution in [0.1, 0.15) is 4.88 Å². The molecule has 0 radical (unpaired) electrons. The van der Waals surface area contributed by atoms with Gasteiger partial charge in [0.1, 0.15) is 0 Å². The molecule has 1 amide bonds. The normalized spacial score (nSPS) is 14.6. The van der Waals surface area contributed by atoms with Gasteiger partial charge in [-0.25, -0.2) is 0 Å². The van der Waals surface area contributed by atoms with Crippen LogP contribution in [0.2, 0.25) is 9.36 Å². The molecule has 1 saturated heterocycles. The molecular weight excluding hydrogens is 399 g/mol. The quantitative estimate of drug-likeness (QED) is 0.736. The molecule has 2 aromatic rings. The number of nitrogens with zero attached hydrogens (tertiary/aromatic N) is 1. The van der Waals surface area contributed by atoms with E-state index in [1.165, 1.54) is 4.88 Å². The fraction of sp³-hybridized carbons (Fsp3) is 0.353. The average molecular weight is 417 g/mol. The van der Waals surface area contributed by atoms with Gasteiger partial charge in [-0.05, 0) is 30.3 Å². The van der Waals surface area contributed by atoms with Crippen molar-refractivity contribution in [2.75, 3.05) is 42.3 Å². The summed E-state index contributed by atoms with van der Waals surface area (Å²) in [4.78, 5) is 15.7. The highest BCUT2D eigenvalue weighted by Gasteiger charge is 2.16. The summed E-state index contributed by atoms with van der Waals surface area (Å²) >= 11 is 15.1. The Morgan fingerprint density at radius 2 is 2.04 bits per heavy atom. The average Bonchev–Trinajstić information content (AvgIpc) is 3.01. The molecule has 1 aliphatic rings. The summed E-state index contributed by atoms with van der Waals surface area (Å²) in [6.07, 6.45) is 0. The number of morpholine rings is 1. The second kappa shape index (κ2) is 9.14. The Hall–Kier alpha value is -0.920. The molecule has 0 atom stereocenters. The van der Waals surface area contributed by atoms with Gasteiger partial charge in [0.15, 0.2) is 0 Å². The van der Waals surface area contributed by atoms with Crippen LogP contribution in [0.3, 0.4) is 0 Å². The Morgan fingerprint density at radius 1 is 1.24 bits per heavy atom. The minimum absolute atomic E-state index is 0.0376. The van der Waals surface area contributed by atoms with Gasteiger partial charge in [-0.1, -0.05) is 23.2 Å². The molecule has 1 aromatic carbocycles. The molecule has 25 heavy (non-hydrogen) atoms. The number of carbonyl (C=O) groups is 1. The van der Waals surface area contributed by atoms with E-state index in [-0.39, 0.29) is 5.91 Å². The van der Waals surface area contributed by atoms with E-state index in [2.05, 4.69) is 10.2 Å². The van der Waals surface area contributed by atoms with Crippen LogP contribution < -0.4 is 10.2 Å². The van der Waals surface area contributed by atoms with Crippen LogP contribution in [0.15, 0.2) is 30.3 Å². The maximum atomic E-state index is 12.3. The van der Waals surface area contributed by atoms with E-state index in [1.54, 1.807) is 29.2 Å². The molecule has 0 unspecified atom stereocenters. The molecule has 0 bridgehead atoms. The van der Waals surface area contributed by atoms with E-state index < -0.39 is 0 Å². The smallest absolute Gasteiger partial charge is 0.234 e. The standard InChI is InChI=1S/C17H18Cl2N2O2S2/c18-12-1-3-15(21-5-7-23-8-6-21)14(9-12)20-17(22)11-24-10-13-2-4-16(19)25-13/h1-4,9H,5-8,10-11H2,(H,20,22). The van der Waals surface area contributed by atoms with Gasteiger partial charge < -0.3 is 15.0 Å². The SMILES string of the molecule is O=C(CSCc1ccc(Cl)s1)Nc1cc(Cl)ccc1N1CCOCC1. The third-order valence-electron chi connectivity index (χ3n) is 3.69. The van der Waals surface area contributed by atoms with E-state index in [4.69, 9.17) is 27.9 Å². The first-order valence-electron chi connectivity index (χ1n) is 7.86. The van der Waals surface area contributed by atoms with Crippen molar-refractivity contribution in [3.63, 3.8) is 0 Å². The van der Waals surface area contributed by atoms with Crippen LogP contribution >= 0.6 is 46.3 Å². The lowest BCUT2D eigenvalue weighted by molar-refractivity contribution is -0.113. The first-order valence-corrected chi connectivity index (χ1v) is 10.6. The number of hydrogen-bond donors (Lipinski definition) is 1.